The van der Waals surface area contributed by atoms with Gasteiger partial charge in [-0.25, -0.2) is 4.79 Å². The summed E-state index contributed by atoms with van der Waals surface area (Å²) in [7, 11) is 1.49. The number of hydrogen-bond donors (Lipinski definition) is 1. The molecular weight excluding hydrogens is 282 g/mol. The number of rotatable bonds is 5. The molecule has 1 aliphatic rings. The van der Waals surface area contributed by atoms with E-state index in [9.17, 15) is 9.59 Å². The maximum atomic E-state index is 12.0. The standard InChI is InChI=1S/C17H23NO4/c1-12-7-3-5-9-14(12)18-16(19)11-22-17(20)13-8-4-6-10-15(13)21-2/h4,6,8,10,12,14H,3,5,7,9,11H2,1-2H3,(H,18,19)/t12-,14-/m1/s1. The summed E-state index contributed by atoms with van der Waals surface area (Å²) in [6, 6.07) is 6.98. The van der Waals surface area contributed by atoms with Crippen molar-refractivity contribution in [3.8, 4) is 5.75 Å². The molecule has 1 saturated carbocycles. The zero-order valence-corrected chi connectivity index (χ0v) is 13.1. The van der Waals surface area contributed by atoms with Gasteiger partial charge in [-0.2, -0.15) is 0 Å². The Kier molecular flexibility index (Phi) is 5.81. The Balaban J connectivity index is 1.84. The molecule has 0 spiro atoms. The van der Waals surface area contributed by atoms with Crippen LogP contribution < -0.4 is 10.1 Å². The first-order chi connectivity index (χ1) is 10.6. The van der Waals surface area contributed by atoms with E-state index in [0.29, 0.717) is 17.2 Å². The van der Waals surface area contributed by atoms with Gasteiger partial charge in [-0.15, -0.1) is 0 Å². The molecule has 2 atom stereocenters. The van der Waals surface area contributed by atoms with Crippen LogP contribution >= 0.6 is 0 Å². The number of ether oxygens (including phenoxy) is 2. The predicted molar refractivity (Wildman–Crippen MR) is 82.8 cm³/mol. The van der Waals surface area contributed by atoms with E-state index in [1.165, 1.54) is 13.5 Å². The van der Waals surface area contributed by atoms with E-state index in [-0.39, 0.29) is 18.6 Å². The Morgan fingerprint density at radius 3 is 2.68 bits per heavy atom. The van der Waals surface area contributed by atoms with Gasteiger partial charge in [0.25, 0.3) is 5.91 Å². The number of para-hydroxylation sites is 1. The lowest BCUT2D eigenvalue weighted by molar-refractivity contribution is -0.125. The summed E-state index contributed by atoms with van der Waals surface area (Å²) < 4.78 is 10.2. The molecule has 2 rings (SSSR count). The maximum absolute atomic E-state index is 12.0. The minimum absolute atomic E-state index is 0.186. The van der Waals surface area contributed by atoms with Crippen LogP contribution in [0.5, 0.6) is 5.75 Å². The normalized spacial score (nSPS) is 21.0. The van der Waals surface area contributed by atoms with E-state index >= 15 is 0 Å². The average molecular weight is 305 g/mol. The predicted octanol–water partition coefficient (Wildman–Crippen LogP) is 2.55. The van der Waals surface area contributed by atoms with Gasteiger partial charge in [0.2, 0.25) is 0 Å². The summed E-state index contributed by atoms with van der Waals surface area (Å²) in [4.78, 5) is 23.9. The molecule has 0 heterocycles. The number of carbonyl (C=O) groups is 2. The van der Waals surface area contributed by atoms with Crippen LogP contribution in [0.2, 0.25) is 0 Å². The van der Waals surface area contributed by atoms with Crippen molar-refractivity contribution in [3.05, 3.63) is 29.8 Å². The van der Waals surface area contributed by atoms with Gasteiger partial charge in [0.1, 0.15) is 11.3 Å². The van der Waals surface area contributed by atoms with Gasteiger partial charge in [-0.05, 0) is 30.9 Å². The smallest absolute Gasteiger partial charge is 0.342 e. The third kappa shape index (κ3) is 4.23. The quantitative estimate of drug-likeness (QED) is 0.849. The summed E-state index contributed by atoms with van der Waals surface area (Å²) in [6.07, 6.45) is 4.48. The number of esters is 1. The second-order valence-corrected chi connectivity index (χ2v) is 5.71. The number of amides is 1. The zero-order valence-electron chi connectivity index (χ0n) is 13.1. The largest absolute Gasteiger partial charge is 0.496 e. The Labute approximate surface area is 131 Å². The maximum Gasteiger partial charge on any atom is 0.342 e. The van der Waals surface area contributed by atoms with Crippen molar-refractivity contribution in [2.75, 3.05) is 13.7 Å². The van der Waals surface area contributed by atoms with Gasteiger partial charge in [0.05, 0.1) is 7.11 Å². The number of methoxy groups -OCH3 is 1. The lowest BCUT2D eigenvalue weighted by atomic mass is 9.86. The van der Waals surface area contributed by atoms with E-state index in [2.05, 4.69) is 12.2 Å². The molecular formula is C17H23NO4. The highest BCUT2D eigenvalue weighted by molar-refractivity contribution is 5.94. The Bertz CT molecular complexity index is 529. The summed E-state index contributed by atoms with van der Waals surface area (Å²) in [6.45, 7) is 1.88. The Morgan fingerprint density at radius 2 is 1.95 bits per heavy atom. The molecule has 5 heteroatoms. The molecule has 0 radical (unpaired) electrons. The summed E-state index contributed by atoms with van der Waals surface area (Å²) in [5, 5.41) is 2.96. The van der Waals surface area contributed by atoms with Gasteiger partial charge in [-0.1, -0.05) is 31.9 Å². The molecule has 1 aliphatic carbocycles. The van der Waals surface area contributed by atoms with Crippen molar-refractivity contribution in [2.24, 2.45) is 5.92 Å². The van der Waals surface area contributed by atoms with Crippen LogP contribution in [0.3, 0.4) is 0 Å². The first-order valence-electron chi connectivity index (χ1n) is 7.71. The van der Waals surface area contributed by atoms with Crippen molar-refractivity contribution in [1.29, 1.82) is 0 Å². The summed E-state index contributed by atoms with van der Waals surface area (Å²) in [5.74, 6) is 0.114. The van der Waals surface area contributed by atoms with Crippen LogP contribution in [0.1, 0.15) is 43.0 Å². The highest BCUT2D eigenvalue weighted by atomic mass is 16.5. The second kappa shape index (κ2) is 7.82. The van der Waals surface area contributed by atoms with E-state index in [4.69, 9.17) is 9.47 Å². The monoisotopic (exact) mass is 305 g/mol. The second-order valence-electron chi connectivity index (χ2n) is 5.71. The zero-order chi connectivity index (χ0) is 15.9. The van der Waals surface area contributed by atoms with Crippen LogP contribution in [0.15, 0.2) is 24.3 Å². The molecule has 0 unspecified atom stereocenters. The number of nitrogens with one attached hydrogen (secondary N) is 1. The molecule has 0 aliphatic heterocycles. The molecule has 1 fully saturated rings. The lowest BCUT2D eigenvalue weighted by Gasteiger charge is -2.29. The number of hydrogen-bond acceptors (Lipinski definition) is 4. The van der Waals surface area contributed by atoms with Crippen LogP contribution in [-0.2, 0) is 9.53 Å². The minimum atomic E-state index is -0.552. The fourth-order valence-corrected chi connectivity index (χ4v) is 2.80. The highest BCUT2D eigenvalue weighted by Crippen LogP contribution is 2.23. The van der Waals surface area contributed by atoms with E-state index in [1.807, 2.05) is 0 Å². The van der Waals surface area contributed by atoms with E-state index in [0.717, 1.165) is 19.3 Å². The SMILES string of the molecule is COc1ccccc1C(=O)OCC(=O)N[C@@H]1CCCC[C@H]1C. The van der Waals surface area contributed by atoms with Gasteiger partial charge in [0.15, 0.2) is 6.61 Å². The molecule has 120 valence electrons. The fourth-order valence-electron chi connectivity index (χ4n) is 2.80. The van der Waals surface area contributed by atoms with Crippen LogP contribution in [0.4, 0.5) is 0 Å². The highest BCUT2D eigenvalue weighted by Gasteiger charge is 2.23. The molecule has 0 saturated heterocycles. The van der Waals surface area contributed by atoms with Gasteiger partial charge >= 0.3 is 5.97 Å². The Morgan fingerprint density at radius 1 is 1.23 bits per heavy atom. The van der Waals surface area contributed by atoms with Crippen LogP contribution in [-0.4, -0.2) is 31.6 Å². The molecule has 0 aromatic heterocycles. The fraction of sp³-hybridized carbons (Fsp3) is 0.529. The third-order valence-electron chi connectivity index (χ3n) is 4.12. The van der Waals surface area contributed by atoms with Crippen molar-refractivity contribution < 1.29 is 19.1 Å². The van der Waals surface area contributed by atoms with Crippen LogP contribution in [0.25, 0.3) is 0 Å². The number of benzene rings is 1. The summed E-state index contributed by atoms with van der Waals surface area (Å²) in [5.41, 5.74) is 0.323. The van der Waals surface area contributed by atoms with E-state index in [1.54, 1.807) is 24.3 Å². The average Bonchev–Trinajstić information content (AvgIpc) is 2.54. The molecule has 1 amide bonds. The molecule has 1 aromatic carbocycles. The minimum Gasteiger partial charge on any atom is -0.496 e. The van der Waals surface area contributed by atoms with Crippen molar-refractivity contribution >= 4 is 11.9 Å². The Hall–Kier alpha value is -2.04. The molecule has 5 nitrogen and oxygen atoms in total. The topological polar surface area (TPSA) is 64.6 Å². The molecule has 22 heavy (non-hydrogen) atoms. The van der Waals surface area contributed by atoms with Crippen molar-refractivity contribution in [2.45, 2.75) is 38.6 Å². The first-order valence-corrected chi connectivity index (χ1v) is 7.71. The van der Waals surface area contributed by atoms with Gasteiger partial charge in [-0.3, -0.25) is 4.79 Å². The van der Waals surface area contributed by atoms with Crippen molar-refractivity contribution in [3.63, 3.8) is 0 Å². The number of carbonyl (C=O) groups excluding carboxylic acids is 2. The molecule has 1 N–H and O–H groups in total. The first kappa shape index (κ1) is 16.3. The summed E-state index contributed by atoms with van der Waals surface area (Å²) >= 11 is 0. The van der Waals surface area contributed by atoms with E-state index < -0.39 is 5.97 Å². The van der Waals surface area contributed by atoms with Gasteiger partial charge < -0.3 is 14.8 Å². The molecule has 1 aromatic rings. The lowest BCUT2D eigenvalue weighted by Crippen LogP contribution is -2.42. The van der Waals surface area contributed by atoms with Gasteiger partial charge in [0, 0.05) is 6.04 Å². The third-order valence-corrected chi connectivity index (χ3v) is 4.12. The molecule has 0 bridgehead atoms. The van der Waals surface area contributed by atoms with Crippen molar-refractivity contribution in [1.82, 2.24) is 5.32 Å². The van der Waals surface area contributed by atoms with Crippen LogP contribution in [0, 0.1) is 5.92 Å².